The first kappa shape index (κ1) is 15.7. The SMILES string of the molecule is CC(C)(C)C(=O)C(Br)Cc1ccc2cc(Br)ccc2c1. The van der Waals surface area contributed by atoms with Gasteiger partial charge >= 0.3 is 0 Å². The summed E-state index contributed by atoms with van der Waals surface area (Å²) in [7, 11) is 0. The third-order valence-electron chi connectivity index (χ3n) is 3.31. The van der Waals surface area contributed by atoms with E-state index in [0.29, 0.717) is 0 Å². The predicted octanol–water partition coefficient (Wildman–Crippen LogP) is 5.52. The lowest BCUT2D eigenvalue weighted by atomic mass is 9.87. The van der Waals surface area contributed by atoms with Crippen molar-refractivity contribution < 1.29 is 4.79 Å². The van der Waals surface area contributed by atoms with Crippen molar-refractivity contribution >= 4 is 48.4 Å². The Bertz CT molecular complexity index is 641. The van der Waals surface area contributed by atoms with E-state index < -0.39 is 0 Å². The number of carbonyl (C=O) groups is 1. The Morgan fingerprint density at radius 3 is 2.35 bits per heavy atom. The summed E-state index contributed by atoms with van der Waals surface area (Å²) in [4.78, 5) is 12.1. The van der Waals surface area contributed by atoms with Gasteiger partial charge in [0.05, 0.1) is 4.83 Å². The molecule has 0 N–H and O–H groups in total. The summed E-state index contributed by atoms with van der Waals surface area (Å²) in [6.07, 6.45) is 0.724. The minimum Gasteiger partial charge on any atom is -0.298 e. The molecule has 3 heteroatoms. The molecule has 0 fully saturated rings. The van der Waals surface area contributed by atoms with Crippen molar-refractivity contribution in [3.8, 4) is 0 Å². The number of alkyl halides is 1. The van der Waals surface area contributed by atoms with E-state index in [0.717, 1.165) is 10.9 Å². The van der Waals surface area contributed by atoms with Gasteiger partial charge in [0.2, 0.25) is 0 Å². The minimum absolute atomic E-state index is 0.129. The molecule has 1 unspecified atom stereocenters. The van der Waals surface area contributed by atoms with Crippen LogP contribution in [0.2, 0.25) is 0 Å². The molecule has 0 radical (unpaired) electrons. The van der Waals surface area contributed by atoms with E-state index in [4.69, 9.17) is 0 Å². The zero-order valence-corrected chi connectivity index (χ0v) is 15.1. The molecule has 0 aliphatic rings. The van der Waals surface area contributed by atoms with Gasteiger partial charge in [-0.25, -0.2) is 0 Å². The Kier molecular flexibility index (Phi) is 4.70. The van der Waals surface area contributed by atoms with Crippen molar-refractivity contribution in [3.63, 3.8) is 0 Å². The van der Waals surface area contributed by atoms with Gasteiger partial charge in [0.25, 0.3) is 0 Å². The third-order valence-corrected chi connectivity index (χ3v) is 4.54. The zero-order valence-electron chi connectivity index (χ0n) is 11.9. The Hall–Kier alpha value is -0.670. The highest BCUT2D eigenvalue weighted by molar-refractivity contribution is 9.10. The highest BCUT2D eigenvalue weighted by Gasteiger charge is 2.27. The summed E-state index contributed by atoms with van der Waals surface area (Å²) in [5, 5.41) is 2.41. The number of Topliss-reactive ketones (excluding diaryl/α,β-unsaturated/α-hetero) is 1. The van der Waals surface area contributed by atoms with Gasteiger partial charge in [-0.05, 0) is 34.9 Å². The molecule has 0 heterocycles. The van der Waals surface area contributed by atoms with E-state index in [1.54, 1.807) is 0 Å². The molecule has 0 spiro atoms. The number of rotatable bonds is 3. The maximum absolute atomic E-state index is 12.2. The molecule has 0 aliphatic heterocycles. The molecule has 1 nitrogen and oxygen atoms in total. The number of ketones is 1. The second-order valence-electron chi connectivity index (χ2n) is 6.11. The summed E-state index contributed by atoms with van der Waals surface area (Å²) in [5.41, 5.74) is 0.870. The third kappa shape index (κ3) is 3.70. The smallest absolute Gasteiger partial charge is 0.152 e. The normalized spacial score (nSPS) is 13.4. The number of hydrogen-bond acceptors (Lipinski definition) is 1. The lowest BCUT2D eigenvalue weighted by Crippen LogP contribution is -2.29. The van der Waals surface area contributed by atoms with Crippen molar-refractivity contribution in [3.05, 3.63) is 46.4 Å². The van der Waals surface area contributed by atoms with Crippen LogP contribution in [0.15, 0.2) is 40.9 Å². The zero-order chi connectivity index (χ0) is 14.9. The molecular formula is C17H18Br2O. The van der Waals surface area contributed by atoms with E-state index in [-0.39, 0.29) is 16.0 Å². The van der Waals surface area contributed by atoms with Crippen LogP contribution in [0.1, 0.15) is 26.3 Å². The van der Waals surface area contributed by atoms with Crippen LogP contribution in [0.25, 0.3) is 10.8 Å². The van der Waals surface area contributed by atoms with Crippen LogP contribution in [-0.4, -0.2) is 10.6 Å². The van der Waals surface area contributed by atoms with Crippen LogP contribution >= 0.6 is 31.9 Å². The van der Waals surface area contributed by atoms with Crippen LogP contribution in [0.4, 0.5) is 0 Å². The molecule has 2 aromatic rings. The van der Waals surface area contributed by atoms with Gasteiger partial charge in [0.1, 0.15) is 0 Å². The fourth-order valence-corrected chi connectivity index (χ4v) is 3.60. The highest BCUT2D eigenvalue weighted by Crippen LogP contribution is 2.25. The van der Waals surface area contributed by atoms with Gasteiger partial charge in [0, 0.05) is 9.89 Å². The molecule has 0 bridgehead atoms. The van der Waals surface area contributed by atoms with Gasteiger partial charge in [-0.3, -0.25) is 4.79 Å². The largest absolute Gasteiger partial charge is 0.298 e. The van der Waals surface area contributed by atoms with E-state index in [9.17, 15) is 4.79 Å². The number of carbonyl (C=O) groups excluding carboxylic acids is 1. The van der Waals surface area contributed by atoms with Crippen molar-refractivity contribution in [2.45, 2.75) is 32.0 Å². The first-order valence-electron chi connectivity index (χ1n) is 6.64. The fourth-order valence-electron chi connectivity index (χ4n) is 2.16. The number of fused-ring (bicyclic) bond motifs is 1. The lowest BCUT2D eigenvalue weighted by molar-refractivity contribution is -0.125. The molecule has 0 aromatic heterocycles. The summed E-state index contributed by atoms with van der Waals surface area (Å²) < 4.78 is 1.08. The van der Waals surface area contributed by atoms with E-state index in [2.05, 4.69) is 62.2 Å². The topological polar surface area (TPSA) is 17.1 Å². The quantitative estimate of drug-likeness (QED) is 0.622. The van der Waals surface area contributed by atoms with Gasteiger partial charge in [-0.2, -0.15) is 0 Å². The minimum atomic E-state index is -0.310. The van der Waals surface area contributed by atoms with Gasteiger partial charge in [0.15, 0.2) is 5.78 Å². The molecular weight excluding hydrogens is 380 g/mol. The van der Waals surface area contributed by atoms with Gasteiger partial charge < -0.3 is 0 Å². The van der Waals surface area contributed by atoms with E-state index in [1.165, 1.54) is 16.3 Å². The molecule has 2 aromatic carbocycles. The average Bonchev–Trinajstić information content (AvgIpc) is 2.37. The molecule has 1 atom stereocenters. The Balaban J connectivity index is 2.22. The van der Waals surface area contributed by atoms with Crippen LogP contribution < -0.4 is 0 Å². The van der Waals surface area contributed by atoms with Crippen LogP contribution in [0.3, 0.4) is 0 Å². The molecule has 0 amide bonds. The van der Waals surface area contributed by atoms with Crippen LogP contribution in [0.5, 0.6) is 0 Å². The second kappa shape index (κ2) is 5.98. The first-order valence-corrected chi connectivity index (χ1v) is 8.35. The monoisotopic (exact) mass is 396 g/mol. The molecule has 0 saturated heterocycles. The maximum Gasteiger partial charge on any atom is 0.152 e. The standard InChI is InChI=1S/C17H18Br2O/c1-17(2,3)16(20)15(19)9-11-4-5-13-10-14(18)7-6-12(13)8-11/h4-8,10,15H,9H2,1-3H3. The highest BCUT2D eigenvalue weighted by atomic mass is 79.9. The van der Waals surface area contributed by atoms with Gasteiger partial charge in [-0.1, -0.05) is 76.9 Å². The van der Waals surface area contributed by atoms with Crippen LogP contribution in [-0.2, 0) is 11.2 Å². The summed E-state index contributed by atoms with van der Waals surface area (Å²) in [6.45, 7) is 5.88. The van der Waals surface area contributed by atoms with Crippen molar-refractivity contribution in [1.29, 1.82) is 0 Å². The molecule has 106 valence electrons. The summed E-state index contributed by atoms with van der Waals surface area (Å²) in [5.74, 6) is 0.244. The van der Waals surface area contributed by atoms with E-state index in [1.807, 2.05) is 26.8 Å². The lowest BCUT2D eigenvalue weighted by Gasteiger charge is -2.20. The number of benzene rings is 2. The first-order chi connectivity index (χ1) is 9.27. The number of halogens is 2. The molecule has 2 rings (SSSR count). The van der Waals surface area contributed by atoms with Crippen molar-refractivity contribution in [1.82, 2.24) is 0 Å². The van der Waals surface area contributed by atoms with Crippen molar-refractivity contribution in [2.75, 3.05) is 0 Å². The molecule has 0 aliphatic carbocycles. The average molecular weight is 398 g/mol. The summed E-state index contributed by atoms with van der Waals surface area (Å²) >= 11 is 7.01. The molecule has 20 heavy (non-hydrogen) atoms. The van der Waals surface area contributed by atoms with Crippen molar-refractivity contribution in [2.24, 2.45) is 5.41 Å². The van der Waals surface area contributed by atoms with Crippen LogP contribution in [0, 0.1) is 5.41 Å². The Morgan fingerprint density at radius 2 is 1.70 bits per heavy atom. The predicted molar refractivity (Wildman–Crippen MR) is 92.5 cm³/mol. The van der Waals surface area contributed by atoms with Gasteiger partial charge in [-0.15, -0.1) is 0 Å². The van der Waals surface area contributed by atoms with E-state index >= 15 is 0 Å². The fraction of sp³-hybridized carbons (Fsp3) is 0.353. The Morgan fingerprint density at radius 1 is 1.10 bits per heavy atom. The second-order valence-corrected chi connectivity index (χ2v) is 8.13. The number of hydrogen-bond donors (Lipinski definition) is 0. The molecule has 0 saturated carbocycles. The maximum atomic E-state index is 12.2. The Labute approximate surface area is 137 Å². The summed E-state index contributed by atoms with van der Waals surface area (Å²) in [6, 6.07) is 12.6.